The highest BCUT2D eigenvalue weighted by molar-refractivity contribution is 5.95. The lowest BCUT2D eigenvalue weighted by Gasteiger charge is -2.18. The molecule has 0 radical (unpaired) electrons. The molecule has 0 N–H and O–H groups in total. The van der Waals surface area contributed by atoms with Crippen molar-refractivity contribution in [2.45, 2.75) is 40.5 Å². The van der Waals surface area contributed by atoms with E-state index < -0.39 is 11.9 Å². The van der Waals surface area contributed by atoms with Crippen molar-refractivity contribution in [3.63, 3.8) is 0 Å². The van der Waals surface area contributed by atoms with Crippen molar-refractivity contribution in [3.05, 3.63) is 11.6 Å². The van der Waals surface area contributed by atoms with Gasteiger partial charge in [0.15, 0.2) is 0 Å². The van der Waals surface area contributed by atoms with E-state index in [1.54, 1.807) is 0 Å². The summed E-state index contributed by atoms with van der Waals surface area (Å²) in [4.78, 5) is 22.1. The van der Waals surface area contributed by atoms with Crippen LogP contribution in [0.1, 0.15) is 40.5 Å². The van der Waals surface area contributed by atoms with Crippen LogP contribution in [0.4, 0.5) is 0 Å². The van der Waals surface area contributed by atoms with Gasteiger partial charge in [-0.2, -0.15) is 0 Å². The maximum atomic E-state index is 11.2. The number of esters is 2. The zero-order valence-electron chi connectivity index (χ0n) is 9.79. The summed E-state index contributed by atoms with van der Waals surface area (Å²) in [5, 5.41) is 0. The summed E-state index contributed by atoms with van der Waals surface area (Å²) in [6.45, 7) is 8.41. The zero-order valence-corrected chi connectivity index (χ0v) is 9.79. The lowest BCUT2D eigenvalue weighted by molar-refractivity contribution is -0.152. The maximum absolute atomic E-state index is 11.2. The van der Waals surface area contributed by atoms with Crippen LogP contribution in [0, 0.1) is 11.3 Å². The van der Waals surface area contributed by atoms with Crippen LogP contribution in [0.3, 0.4) is 0 Å². The predicted molar refractivity (Wildman–Crippen MR) is 57.0 cm³/mol. The van der Waals surface area contributed by atoms with Gasteiger partial charge in [0.1, 0.15) is 0 Å². The Hall–Kier alpha value is -1.12. The van der Waals surface area contributed by atoms with Crippen molar-refractivity contribution >= 4 is 11.9 Å². The zero-order chi connectivity index (χ0) is 11.6. The van der Waals surface area contributed by atoms with Gasteiger partial charge in [-0.25, -0.2) is 0 Å². The first-order valence-corrected chi connectivity index (χ1v) is 5.20. The van der Waals surface area contributed by atoms with E-state index in [0.29, 0.717) is 0 Å². The molecule has 84 valence electrons. The van der Waals surface area contributed by atoms with Crippen LogP contribution < -0.4 is 0 Å². The quantitative estimate of drug-likeness (QED) is 0.399. The fourth-order valence-corrected chi connectivity index (χ4v) is 1.86. The third-order valence-electron chi connectivity index (χ3n) is 2.20. The van der Waals surface area contributed by atoms with E-state index in [9.17, 15) is 9.59 Å². The van der Waals surface area contributed by atoms with E-state index >= 15 is 0 Å². The fourth-order valence-electron chi connectivity index (χ4n) is 1.86. The predicted octanol–water partition coefficient (Wildman–Crippen LogP) is 2.46. The molecule has 1 saturated heterocycles. The van der Waals surface area contributed by atoms with Gasteiger partial charge in [0, 0.05) is 0 Å². The van der Waals surface area contributed by atoms with Gasteiger partial charge < -0.3 is 4.74 Å². The van der Waals surface area contributed by atoms with Crippen molar-refractivity contribution in [3.8, 4) is 0 Å². The Labute approximate surface area is 90.5 Å². The van der Waals surface area contributed by atoms with Gasteiger partial charge in [-0.1, -0.05) is 32.4 Å². The van der Waals surface area contributed by atoms with Crippen LogP contribution in [0.25, 0.3) is 0 Å². The Morgan fingerprint density at radius 1 is 1.47 bits per heavy atom. The maximum Gasteiger partial charge on any atom is 0.321 e. The van der Waals surface area contributed by atoms with E-state index in [-0.39, 0.29) is 17.8 Å². The standard InChI is InChI=1S/C12H18O3/c1-8(7-12(2,3)4)5-9-6-10(13)15-11(9)14/h5,9H,6-7H2,1-4H3. The summed E-state index contributed by atoms with van der Waals surface area (Å²) < 4.78 is 4.48. The number of cyclic esters (lactones) is 2. The molecule has 1 aliphatic rings. The molecule has 1 heterocycles. The second-order valence-corrected chi connectivity index (χ2v) is 5.35. The van der Waals surface area contributed by atoms with E-state index in [4.69, 9.17) is 0 Å². The first-order valence-electron chi connectivity index (χ1n) is 5.20. The van der Waals surface area contributed by atoms with Crippen LogP contribution in [-0.2, 0) is 14.3 Å². The van der Waals surface area contributed by atoms with Gasteiger partial charge >= 0.3 is 11.9 Å². The molecule has 0 saturated carbocycles. The number of rotatable bonds is 2. The van der Waals surface area contributed by atoms with Crippen molar-refractivity contribution in [1.82, 2.24) is 0 Å². The molecule has 1 fully saturated rings. The molecule has 1 unspecified atom stereocenters. The molecule has 1 rings (SSSR count). The number of allylic oxidation sites excluding steroid dienone is 1. The minimum atomic E-state index is -0.412. The van der Waals surface area contributed by atoms with Crippen molar-refractivity contribution in [2.24, 2.45) is 11.3 Å². The second kappa shape index (κ2) is 4.17. The van der Waals surface area contributed by atoms with Gasteiger partial charge in [0.2, 0.25) is 0 Å². The normalized spacial score (nSPS) is 23.2. The largest absolute Gasteiger partial charge is 0.393 e. The summed E-state index contributed by atoms with van der Waals surface area (Å²) in [5.41, 5.74) is 1.34. The Kier molecular flexibility index (Phi) is 3.32. The monoisotopic (exact) mass is 210 g/mol. The van der Waals surface area contributed by atoms with E-state index in [1.165, 1.54) is 0 Å². The average molecular weight is 210 g/mol. The van der Waals surface area contributed by atoms with Crippen molar-refractivity contribution in [1.29, 1.82) is 0 Å². The molecular formula is C12H18O3. The first-order chi connectivity index (χ1) is 6.78. The Bertz CT molecular complexity index is 307. The average Bonchev–Trinajstić information content (AvgIpc) is 2.25. The van der Waals surface area contributed by atoms with Gasteiger partial charge in [-0.3, -0.25) is 9.59 Å². The third kappa shape index (κ3) is 3.86. The van der Waals surface area contributed by atoms with Crippen LogP contribution in [0.5, 0.6) is 0 Å². The van der Waals surface area contributed by atoms with Gasteiger partial charge in [0.25, 0.3) is 0 Å². The lowest BCUT2D eigenvalue weighted by atomic mass is 9.87. The number of ether oxygens (including phenoxy) is 1. The smallest absolute Gasteiger partial charge is 0.321 e. The fraction of sp³-hybridized carbons (Fsp3) is 0.667. The molecule has 0 amide bonds. The van der Waals surface area contributed by atoms with E-state index in [1.807, 2.05) is 13.0 Å². The summed E-state index contributed by atoms with van der Waals surface area (Å²) in [6, 6.07) is 0. The number of carbonyl (C=O) groups is 2. The van der Waals surface area contributed by atoms with Crippen molar-refractivity contribution in [2.75, 3.05) is 0 Å². The Morgan fingerprint density at radius 2 is 2.07 bits per heavy atom. The van der Waals surface area contributed by atoms with Gasteiger partial charge in [0.05, 0.1) is 12.3 Å². The molecule has 0 bridgehead atoms. The van der Waals surface area contributed by atoms with E-state index in [2.05, 4.69) is 25.5 Å². The molecular weight excluding hydrogens is 192 g/mol. The molecule has 0 aromatic heterocycles. The first kappa shape index (κ1) is 12.0. The molecule has 1 atom stereocenters. The number of hydrogen-bond donors (Lipinski definition) is 0. The minimum Gasteiger partial charge on any atom is -0.393 e. The van der Waals surface area contributed by atoms with Gasteiger partial charge in [-0.15, -0.1) is 0 Å². The molecule has 0 aliphatic carbocycles. The molecule has 0 aromatic rings. The second-order valence-electron chi connectivity index (χ2n) is 5.35. The third-order valence-corrected chi connectivity index (χ3v) is 2.20. The minimum absolute atomic E-state index is 0.195. The highest BCUT2D eigenvalue weighted by Crippen LogP contribution is 2.26. The van der Waals surface area contributed by atoms with Crippen LogP contribution >= 0.6 is 0 Å². The topological polar surface area (TPSA) is 43.4 Å². The summed E-state index contributed by atoms with van der Waals surface area (Å²) >= 11 is 0. The summed E-state index contributed by atoms with van der Waals surface area (Å²) in [7, 11) is 0. The molecule has 1 aliphatic heterocycles. The van der Waals surface area contributed by atoms with Crippen LogP contribution in [-0.4, -0.2) is 11.9 Å². The Morgan fingerprint density at radius 3 is 2.47 bits per heavy atom. The highest BCUT2D eigenvalue weighted by Gasteiger charge is 2.31. The highest BCUT2D eigenvalue weighted by atomic mass is 16.6. The van der Waals surface area contributed by atoms with Gasteiger partial charge in [-0.05, 0) is 18.8 Å². The Balaban J connectivity index is 2.63. The molecule has 0 aromatic carbocycles. The molecule has 3 nitrogen and oxygen atoms in total. The SMILES string of the molecule is CC(=CC1CC(=O)OC1=O)CC(C)(C)C. The number of hydrogen-bond acceptors (Lipinski definition) is 3. The summed E-state index contributed by atoms with van der Waals surface area (Å²) in [5.74, 6) is -1.18. The number of carbonyl (C=O) groups excluding carboxylic acids is 2. The van der Waals surface area contributed by atoms with Crippen LogP contribution in [0.15, 0.2) is 11.6 Å². The molecule has 15 heavy (non-hydrogen) atoms. The van der Waals surface area contributed by atoms with E-state index in [0.717, 1.165) is 12.0 Å². The van der Waals surface area contributed by atoms with Crippen molar-refractivity contribution < 1.29 is 14.3 Å². The molecule has 0 spiro atoms. The summed E-state index contributed by atoms with van der Waals surface area (Å²) in [6.07, 6.45) is 2.98. The molecule has 3 heteroatoms. The van der Waals surface area contributed by atoms with Crippen LogP contribution in [0.2, 0.25) is 0 Å². The lowest BCUT2D eigenvalue weighted by Crippen LogP contribution is -2.08.